The highest BCUT2D eigenvalue weighted by atomic mass is 79.9. The summed E-state index contributed by atoms with van der Waals surface area (Å²) in [7, 11) is 0. The Bertz CT molecular complexity index is 998. The second-order valence-electron chi connectivity index (χ2n) is 7.14. The molecule has 1 aliphatic heterocycles. The normalized spacial score (nSPS) is 15.4. The van der Waals surface area contributed by atoms with Gasteiger partial charge in [-0.05, 0) is 46.3 Å². The lowest BCUT2D eigenvalue weighted by Gasteiger charge is -2.34. The van der Waals surface area contributed by atoms with E-state index < -0.39 is 17.9 Å². The number of esters is 1. The molecule has 1 atom stereocenters. The predicted octanol–water partition coefficient (Wildman–Crippen LogP) is 2.97. The number of carbonyl (C=O) groups is 3. The standard InChI is InChI=1S/C24H25BrN2O6/c1-2-12-32-21-9-8-17(15-19(21)25)24(30)27-11-10-26-23(29)20(27)16-22(28)33-14-13-31-18-6-4-3-5-7-18/h2-9,15,20H,1,10-14,16H2,(H,26,29). The minimum atomic E-state index is -0.954. The lowest BCUT2D eigenvalue weighted by atomic mass is 10.1. The molecular weight excluding hydrogens is 492 g/mol. The van der Waals surface area contributed by atoms with Crippen LogP contribution in [-0.4, -0.2) is 61.6 Å². The van der Waals surface area contributed by atoms with E-state index in [1.807, 2.05) is 18.2 Å². The largest absolute Gasteiger partial charge is 0.490 e. The van der Waals surface area contributed by atoms with Gasteiger partial charge in [0, 0.05) is 18.7 Å². The zero-order chi connectivity index (χ0) is 23.6. The number of hydrogen-bond acceptors (Lipinski definition) is 6. The SMILES string of the molecule is C=CCOc1ccc(C(=O)N2CCNC(=O)C2CC(=O)OCCOc2ccccc2)cc1Br. The Hall–Kier alpha value is -3.33. The van der Waals surface area contributed by atoms with Gasteiger partial charge in [-0.3, -0.25) is 14.4 Å². The van der Waals surface area contributed by atoms with Crippen LogP contribution in [0.15, 0.2) is 65.7 Å². The van der Waals surface area contributed by atoms with Crippen molar-refractivity contribution in [3.8, 4) is 11.5 Å². The molecule has 0 bridgehead atoms. The van der Waals surface area contributed by atoms with Crippen LogP contribution < -0.4 is 14.8 Å². The van der Waals surface area contributed by atoms with E-state index in [-0.39, 0.29) is 32.1 Å². The Kier molecular flexibility index (Phi) is 8.88. The second-order valence-corrected chi connectivity index (χ2v) is 7.99. The number of amides is 2. The van der Waals surface area contributed by atoms with Crippen molar-refractivity contribution in [3.63, 3.8) is 0 Å². The van der Waals surface area contributed by atoms with Crippen LogP contribution in [0.25, 0.3) is 0 Å². The summed E-state index contributed by atoms with van der Waals surface area (Å²) < 4.78 is 16.8. The molecular formula is C24H25BrN2O6. The third kappa shape index (κ3) is 6.82. The fraction of sp³-hybridized carbons (Fsp3) is 0.292. The quantitative estimate of drug-likeness (QED) is 0.296. The zero-order valence-electron chi connectivity index (χ0n) is 18.0. The van der Waals surface area contributed by atoms with Crippen LogP contribution in [0.4, 0.5) is 0 Å². The summed E-state index contributed by atoms with van der Waals surface area (Å²) in [6.45, 7) is 4.75. The van der Waals surface area contributed by atoms with E-state index >= 15 is 0 Å². The summed E-state index contributed by atoms with van der Waals surface area (Å²) in [5, 5.41) is 2.70. The average molecular weight is 517 g/mol. The van der Waals surface area contributed by atoms with Gasteiger partial charge in [0.2, 0.25) is 5.91 Å². The Morgan fingerprint density at radius 2 is 1.94 bits per heavy atom. The fourth-order valence-electron chi connectivity index (χ4n) is 3.27. The predicted molar refractivity (Wildman–Crippen MR) is 125 cm³/mol. The molecule has 0 aliphatic carbocycles. The van der Waals surface area contributed by atoms with Crippen LogP contribution in [0.3, 0.4) is 0 Å². The Labute approximate surface area is 200 Å². The summed E-state index contributed by atoms with van der Waals surface area (Å²) in [5.41, 5.74) is 0.372. The van der Waals surface area contributed by atoms with Crippen molar-refractivity contribution in [2.24, 2.45) is 0 Å². The van der Waals surface area contributed by atoms with E-state index in [0.29, 0.717) is 34.7 Å². The molecule has 9 heteroatoms. The molecule has 2 aromatic rings. The number of carbonyl (C=O) groups excluding carboxylic acids is 3. The third-order valence-corrected chi connectivity index (χ3v) is 5.47. The lowest BCUT2D eigenvalue weighted by molar-refractivity contribution is -0.148. The molecule has 0 radical (unpaired) electrons. The monoisotopic (exact) mass is 516 g/mol. The maximum atomic E-state index is 13.1. The van der Waals surface area contributed by atoms with Gasteiger partial charge >= 0.3 is 5.97 Å². The van der Waals surface area contributed by atoms with Crippen molar-refractivity contribution in [2.45, 2.75) is 12.5 Å². The molecule has 2 aromatic carbocycles. The highest BCUT2D eigenvalue weighted by Crippen LogP contribution is 2.27. The van der Waals surface area contributed by atoms with Crippen LogP contribution >= 0.6 is 15.9 Å². The number of ether oxygens (including phenoxy) is 3. The Morgan fingerprint density at radius 1 is 1.15 bits per heavy atom. The maximum Gasteiger partial charge on any atom is 0.308 e. The molecule has 3 rings (SSSR count). The Morgan fingerprint density at radius 3 is 2.67 bits per heavy atom. The lowest BCUT2D eigenvalue weighted by Crippen LogP contribution is -2.57. The van der Waals surface area contributed by atoms with Gasteiger partial charge in [0.25, 0.3) is 5.91 Å². The zero-order valence-corrected chi connectivity index (χ0v) is 19.6. The van der Waals surface area contributed by atoms with Gasteiger partial charge in [0.15, 0.2) is 0 Å². The number of para-hydroxylation sites is 1. The van der Waals surface area contributed by atoms with E-state index in [9.17, 15) is 14.4 Å². The number of nitrogens with zero attached hydrogens (tertiary/aromatic N) is 1. The molecule has 1 fully saturated rings. The first kappa shape index (κ1) is 24.3. The molecule has 0 saturated carbocycles. The smallest absolute Gasteiger partial charge is 0.308 e. The average Bonchev–Trinajstić information content (AvgIpc) is 2.82. The number of benzene rings is 2. The van der Waals surface area contributed by atoms with Gasteiger partial charge < -0.3 is 24.4 Å². The summed E-state index contributed by atoms with van der Waals surface area (Å²) in [5.74, 6) is -0.0891. The molecule has 8 nitrogen and oxygen atoms in total. The van der Waals surface area contributed by atoms with Crippen LogP contribution in [0.5, 0.6) is 11.5 Å². The molecule has 0 aromatic heterocycles. The summed E-state index contributed by atoms with van der Waals surface area (Å²) in [6.07, 6.45) is 1.37. The number of halogens is 1. The molecule has 174 valence electrons. The van der Waals surface area contributed by atoms with Gasteiger partial charge in [0.05, 0.1) is 10.9 Å². The van der Waals surface area contributed by atoms with Gasteiger partial charge in [-0.2, -0.15) is 0 Å². The molecule has 1 heterocycles. The molecule has 1 saturated heterocycles. The van der Waals surface area contributed by atoms with E-state index in [1.54, 1.807) is 36.4 Å². The summed E-state index contributed by atoms with van der Waals surface area (Å²) >= 11 is 3.39. The van der Waals surface area contributed by atoms with Crippen molar-refractivity contribution in [1.29, 1.82) is 0 Å². The number of piperazine rings is 1. The van der Waals surface area contributed by atoms with Gasteiger partial charge in [0.1, 0.15) is 37.4 Å². The van der Waals surface area contributed by atoms with Crippen molar-refractivity contribution in [1.82, 2.24) is 10.2 Å². The number of nitrogens with one attached hydrogen (secondary N) is 1. The molecule has 0 spiro atoms. The van der Waals surface area contributed by atoms with Crippen molar-refractivity contribution in [2.75, 3.05) is 32.9 Å². The molecule has 1 unspecified atom stereocenters. The van der Waals surface area contributed by atoms with E-state index in [0.717, 1.165) is 0 Å². The van der Waals surface area contributed by atoms with Gasteiger partial charge in [-0.25, -0.2) is 0 Å². The topological polar surface area (TPSA) is 94.2 Å². The highest BCUT2D eigenvalue weighted by molar-refractivity contribution is 9.10. The summed E-state index contributed by atoms with van der Waals surface area (Å²) in [4.78, 5) is 39.3. The molecule has 1 aliphatic rings. The van der Waals surface area contributed by atoms with Gasteiger partial charge in [-0.1, -0.05) is 30.9 Å². The van der Waals surface area contributed by atoms with E-state index in [2.05, 4.69) is 27.8 Å². The minimum Gasteiger partial charge on any atom is -0.490 e. The highest BCUT2D eigenvalue weighted by Gasteiger charge is 2.35. The number of rotatable bonds is 10. The van der Waals surface area contributed by atoms with Crippen LogP contribution in [0, 0.1) is 0 Å². The molecule has 2 amide bonds. The summed E-state index contributed by atoms with van der Waals surface area (Å²) in [6, 6.07) is 13.1. The first-order chi connectivity index (χ1) is 16.0. The molecule has 1 N–H and O–H groups in total. The second kappa shape index (κ2) is 12.1. The Balaban J connectivity index is 1.58. The fourth-order valence-corrected chi connectivity index (χ4v) is 3.77. The first-order valence-electron chi connectivity index (χ1n) is 10.4. The van der Waals surface area contributed by atoms with Crippen LogP contribution in [0.2, 0.25) is 0 Å². The van der Waals surface area contributed by atoms with Crippen LogP contribution in [0.1, 0.15) is 16.8 Å². The van der Waals surface area contributed by atoms with E-state index in [1.165, 1.54) is 4.90 Å². The maximum absolute atomic E-state index is 13.1. The number of hydrogen-bond donors (Lipinski definition) is 1. The van der Waals surface area contributed by atoms with Crippen molar-refractivity contribution >= 4 is 33.7 Å². The van der Waals surface area contributed by atoms with Crippen molar-refractivity contribution < 1.29 is 28.6 Å². The van der Waals surface area contributed by atoms with Crippen LogP contribution in [-0.2, 0) is 14.3 Å². The molecule has 33 heavy (non-hydrogen) atoms. The van der Waals surface area contributed by atoms with Gasteiger partial charge in [-0.15, -0.1) is 0 Å². The first-order valence-corrected chi connectivity index (χ1v) is 11.2. The van der Waals surface area contributed by atoms with Crippen molar-refractivity contribution in [3.05, 3.63) is 71.2 Å². The third-order valence-electron chi connectivity index (χ3n) is 4.85. The van der Waals surface area contributed by atoms with E-state index in [4.69, 9.17) is 14.2 Å². The minimum absolute atomic E-state index is 0.0368.